The number of halogens is 1. The summed E-state index contributed by atoms with van der Waals surface area (Å²) in [5.74, 6) is -1.88. The van der Waals surface area contributed by atoms with Gasteiger partial charge >= 0.3 is 5.97 Å². The lowest BCUT2D eigenvalue weighted by atomic mass is 10.3. The number of ether oxygens (including phenoxy) is 1. The number of nitrogens with one attached hydrogen (secondary N) is 1. The molecule has 9 heteroatoms. The van der Waals surface area contributed by atoms with Crippen molar-refractivity contribution in [2.24, 2.45) is 0 Å². The number of hydrogen-bond donors (Lipinski definition) is 2. The zero-order valence-corrected chi connectivity index (χ0v) is 10.8. The van der Waals surface area contributed by atoms with Crippen LogP contribution in [0.1, 0.15) is 0 Å². The molecule has 1 amide bonds. The first-order chi connectivity index (χ1) is 10.0. The maximum absolute atomic E-state index is 13.3. The molecular formula is C12H12FN5O3. The van der Waals surface area contributed by atoms with Crippen LogP contribution in [-0.2, 0) is 20.9 Å². The van der Waals surface area contributed by atoms with Crippen LogP contribution in [-0.4, -0.2) is 33.2 Å². The predicted octanol–water partition coefficient (Wildman–Crippen LogP) is 0.181. The van der Waals surface area contributed by atoms with Crippen molar-refractivity contribution in [2.75, 3.05) is 17.7 Å². The van der Waals surface area contributed by atoms with Crippen molar-refractivity contribution in [3.63, 3.8) is 0 Å². The minimum absolute atomic E-state index is 0.0163. The summed E-state index contributed by atoms with van der Waals surface area (Å²) in [5.41, 5.74) is 5.30. The maximum Gasteiger partial charge on any atom is 0.328 e. The van der Waals surface area contributed by atoms with Crippen molar-refractivity contribution in [3.8, 4) is 0 Å². The Labute approximate surface area is 118 Å². The number of benzene rings is 1. The zero-order valence-electron chi connectivity index (χ0n) is 10.8. The number of nitrogen functional groups attached to an aromatic ring is 1. The number of anilines is 2. The highest BCUT2D eigenvalue weighted by Crippen LogP contribution is 2.11. The van der Waals surface area contributed by atoms with Gasteiger partial charge in [-0.25, -0.2) is 14.1 Å². The second-order valence-electron chi connectivity index (χ2n) is 3.99. The number of amides is 1. The molecule has 21 heavy (non-hydrogen) atoms. The zero-order chi connectivity index (χ0) is 15.2. The van der Waals surface area contributed by atoms with Gasteiger partial charge in [0.1, 0.15) is 18.7 Å². The molecule has 1 aromatic carbocycles. The van der Waals surface area contributed by atoms with Crippen molar-refractivity contribution < 1.29 is 18.7 Å². The molecule has 0 unspecified atom stereocenters. The minimum Gasteiger partial charge on any atom is -0.454 e. The molecule has 110 valence electrons. The van der Waals surface area contributed by atoms with Gasteiger partial charge in [-0.3, -0.25) is 9.59 Å². The summed E-state index contributed by atoms with van der Waals surface area (Å²) < 4.78 is 19.2. The number of rotatable bonds is 5. The first kappa shape index (κ1) is 14.4. The molecule has 1 aromatic heterocycles. The van der Waals surface area contributed by atoms with Crippen LogP contribution >= 0.6 is 0 Å². The number of para-hydroxylation sites is 1. The van der Waals surface area contributed by atoms with Crippen LogP contribution in [0.3, 0.4) is 0 Å². The molecule has 8 nitrogen and oxygen atoms in total. The Bertz CT molecular complexity index is 658. The first-order valence-electron chi connectivity index (χ1n) is 5.89. The van der Waals surface area contributed by atoms with Crippen molar-refractivity contribution >= 4 is 23.5 Å². The van der Waals surface area contributed by atoms with E-state index in [1.165, 1.54) is 29.2 Å². The van der Waals surface area contributed by atoms with E-state index in [0.717, 1.165) is 0 Å². The fourth-order valence-electron chi connectivity index (χ4n) is 1.46. The third kappa shape index (κ3) is 4.27. The van der Waals surface area contributed by atoms with Gasteiger partial charge < -0.3 is 15.8 Å². The molecule has 0 saturated heterocycles. The van der Waals surface area contributed by atoms with Crippen molar-refractivity contribution in [1.82, 2.24) is 14.8 Å². The monoisotopic (exact) mass is 293 g/mol. The molecular weight excluding hydrogens is 281 g/mol. The number of carbonyl (C=O) groups is 2. The molecule has 0 atom stereocenters. The van der Waals surface area contributed by atoms with E-state index in [4.69, 9.17) is 10.5 Å². The van der Waals surface area contributed by atoms with Gasteiger partial charge in [-0.1, -0.05) is 12.1 Å². The molecule has 0 bridgehead atoms. The molecule has 2 aromatic rings. The standard InChI is InChI=1S/C12H12FN5O3/c13-8-3-1-2-4-9(8)16-10(19)6-21-11(20)5-18-7-15-12(14)17-18/h1-4,7H,5-6H2,(H2,14,17)(H,16,19). The van der Waals surface area contributed by atoms with Crippen LogP contribution in [0.2, 0.25) is 0 Å². The second kappa shape index (κ2) is 6.46. The quantitative estimate of drug-likeness (QED) is 0.761. The van der Waals surface area contributed by atoms with Crippen molar-refractivity contribution in [2.45, 2.75) is 6.54 Å². The Morgan fingerprint density at radius 3 is 2.81 bits per heavy atom. The molecule has 3 N–H and O–H groups in total. The van der Waals surface area contributed by atoms with Crippen LogP contribution < -0.4 is 11.1 Å². The van der Waals surface area contributed by atoms with E-state index in [0.29, 0.717) is 0 Å². The topological polar surface area (TPSA) is 112 Å². The minimum atomic E-state index is -0.691. The van der Waals surface area contributed by atoms with Crippen LogP contribution in [0.15, 0.2) is 30.6 Å². The van der Waals surface area contributed by atoms with E-state index in [1.54, 1.807) is 6.07 Å². The Balaban J connectivity index is 1.78. The predicted molar refractivity (Wildman–Crippen MR) is 70.4 cm³/mol. The number of aromatic nitrogens is 3. The van der Waals surface area contributed by atoms with E-state index in [1.807, 2.05) is 0 Å². The third-order valence-corrected chi connectivity index (χ3v) is 2.36. The second-order valence-corrected chi connectivity index (χ2v) is 3.99. The molecule has 0 aliphatic rings. The summed E-state index contributed by atoms with van der Waals surface area (Å²) >= 11 is 0. The largest absolute Gasteiger partial charge is 0.454 e. The Hall–Kier alpha value is -2.97. The van der Waals surface area contributed by atoms with Crippen LogP contribution in [0.4, 0.5) is 16.0 Å². The van der Waals surface area contributed by atoms with E-state index >= 15 is 0 Å². The summed E-state index contributed by atoms with van der Waals surface area (Å²) in [6.45, 7) is -0.755. The number of nitrogens with two attached hydrogens (primary N) is 1. The molecule has 0 radical (unpaired) electrons. The van der Waals surface area contributed by atoms with Gasteiger partial charge in [0.25, 0.3) is 5.91 Å². The molecule has 2 rings (SSSR count). The summed E-state index contributed by atoms with van der Waals surface area (Å²) in [5, 5.41) is 5.98. The normalized spacial score (nSPS) is 10.1. The summed E-state index contributed by atoms with van der Waals surface area (Å²) in [6.07, 6.45) is 1.26. The number of esters is 1. The lowest BCUT2D eigenvalue weighted by Gasteiger charge is -2.07. The molecule has 0 aliphatic carbocycles. The van der Waals surface area contributed by atoms with Crippen LogP contribution in [0, 0.1) is 5.82 Å². The molecule has 0 fully saturated rings. The van der Waals surface area contributed by atoms with Crippen LogP contribution in [0.5, 0.6) is 0 Å². The highest BCUT2D eigenvalue weighted by atomic mass is 19.1. The van der Waals surface area contributed by atoms with Gasteiger partial charge in [0.15, 0.2) is 6.61 Å². The smallest absolute Gasteiger partial charge is 0.328 e. The Morgan fingerprint density at radius 2 is 2.14 bits per heavy atom. The van der Waals surface area contributed by atoms with Gasteiger partial charge in [-0.05, 0) is 12.1 Å². The molecule has 0 aliphatic heterocycles. The molecule has 0 saturated carbocycles. The van der Waals surface area contributed by atoms with E-state index in [2.05, 4.69) is 15.4 Å². The maximum atomic E-state index is 13.3. The van der Waals surface area contributed by atoms with Gasteiger partial charge in [-0.15, -0.1) is 5.10 Å². The fourth-order valence-corrected chi connectivity index (χ4v) is 1.46. The highest BCUT2D eigenvalue weighted by molar-refractivity contribution is 5.92. The average Bonchev–Trinajstić information content (AvgIpc) is 2.84. The molecule has 0 spiro atoms. The third-order valence-electron chi connectivity index (χ3n) is 2.36. The van der Waals surface area contributed by atoms with Crippen molar-refractivity contribution in [1.29, 1.82) is 0 Å². The van der Waals surface area contributed by atoms with Crippen LogP contribution in [0.25, 0.3) is 0 Å². The highest BCUT2D eigenvalue weighted by Gasteiger charge is 2.11. The van der Waals surface area contributed by atoms with Gasteiger partial charge in [-0.2, -0.15) is 0 Å². The van der Waals surface area contributed by atoms with E-state index < -0.39 is 24.3 Å². The SMILES string of the molecule is Nc1ncn(CC(=O)OCC(=O)Nc2ccccc2F)n1. The number of hydrogen-bond acceptors (Lipinski definition) is 6. The number of carbonyl (C=O) groups excluding carboxylic acids is 2. The first-order valence-corrected chi connectivity index (χ1v) is 5.89. The summed E-state index contributed by atoms with van der Waals surface area (Å²) in [7, 11) is 0. The lowest BCUT2D eigenvalue weighted by Crippen LogP contribution is -2.23. The lowest BCUT2D eigenvalue weighted by molar-refractivity contribution is -0.148. The number of nitrogens with zero attached hydrogens (tertiary/aromatic N) is 3. The van der Waals surface area contributed by atoms with E-state index in [-0.39, 0.29) is 18.2 Å². The fraction of sp³-hybridized carbons (Fsp3) is 0.167. The Kier molecular flexibility index (Phi) is 4.44. The Morgan fingerprint density at radius 1 is 1.38 bits per heavy atom. The van der Waals surface area contributed by atoms with Gasteiger partial charge in [0.05, 0.1) is 5.69 Å². The van der Waals surface area contributed by atoms with Crippen molar-refractivity contribution in [3.05, 3.63) is 36.4 Å². The van der Waals surface area contributed by atoms with Gasteiger partial charge in [0.2, 0.25) is 5.95 Å². The summed E-state index contributed by atoms with van der Waals surface area (Å²) in [4.78, 5) is 26.6. The van der Waals surface area contributed by atoms with Gasteiger partial charge in [0, 0.05) is 0 Å². The van der Waals surface area contributed by atoms with E-state index in [9.17, 15) is 14.0 Å². The molecule has 1 heterocycles. The average molecular weight is 293 g/mol. The summed E-state index contributed by atoms with van der Waals surface area (Å²) in [6, 6.07) is 5.67.